The second-order valence-electron chi connectivity index (χ2n) is 4.86. The Hall–Kier alpha value is -1.12. The maximum absolute atomic E-state index is 12.1. The lowest BCUT2D eigenvalue weighted by molar-refractivity contribution is -0.120. The number of anilines is 1. The van der Waals surface area contributed by atoms with E-state index in [9.17, 15) is 4.79 Å². The van der Waals surface area contributed by atoms with E-state index in [4.69, 9.17) is 16.3 Å². The van der Waals surface area contributed by atoms with Gasteiger partial charge in [-0.15, -0.1) is 12.4 Å². The van der Waals surface area contributed by atoms with E-state index in [1.807, 2.05) is 12.1 Å². The maximum Gasteiger partial charge on any atom is 0.245 e. The molecule has 1 fully saturated rings. The highest BCUT2D eigenvalue weighted by Crippen LogP contribution is 2.30. The highest BCUT2D eigenvalue weighted by atomic mass is 79.9. The first kappa shape index (κ1) is 18.2. The van der Waals surface area contributed by atoms with Crippen molar-refractivity contribution in [2.24, 2.45) is 0 Å². The molecule has 0 spiro atoms. The van der Waals surface area contributed by atoms with Crippen LogP contribution in [-0.2, 0) is 9.53 Å². The summed E-state index contributed by atoms with van der Waals surface area (Å²) in [4.78, 5) is 12.1. The summed E-state index contributed by atoms with van der Waals surface area (Å²) >= 11 is 9.59. The SMILES string of the molecule is Cl.O=C(Nc1cc(-c2cc(Br)ccc2Cl)[nH]n1)C1COCCN1. The highest BCUT2D eigenvalue weighted by molar-refractivity contribution is 9.10. The minimum Gasteiger partial charge on any atom is -0.378 e. The molecule has 124 valence electrons. The predicted octanol–water partition coefficient (Wildman–Crippen LogP) is 2.84. The van der Waals surface area contributed by atoms with E-state index < -0.39 is 0 Å². The van der Waals surface area contributed by atoms with Crippen LogP contribution in [0.3, 0.4) is 0 Å². The second kappa shape index (κ2) is 8.12. The number of benzene rings is 1. The molecule has 1 aliphatic rings. The molecule has 1 unspecified atom stereocenters. The first-order chi connectivity index (χ1) is 10.6. The summed E-state index contributed by atoms with van der Waals surface area (Å²) in [6.07, 6.45) is 0. The summed E-state index contributed by atoms with van der Waals surface area (Å²) in [5.41, 5.74) is 1.54. The topological polar surface area (TPSA) is 79.0 Å². The lowest BCUT2D eigenvalue weighted by atomic mass is 10.1. The number of nitrogens with zero attached hydrogens (tertiary/aromatic N) is 1. The van der Waals surface area contributed by atoms with Crippen LogP contribution in [0.2, 0.25) is 5.02 Å². The van der Waals surface area contributed by atoms with Gasteiger partial charge < -0.3 is 15.4 Å². The Morgan fingerprint density at radius 3 is 3.00 bits per heavy atom. The molecule has 0 aliphatic carbocycles. The number of morpholine rings is 1. The van der Waals surface area contributed by atoms with Gasteiger partial charge in [-0.2, -0.15) is 5.10 Å². The summed E-state index contributed by atoms with van der Waals surface area (Å²) in [7, 11) is 0. The Morgan fingerprint density at radius 2 is 2.26 bits per heavy atom. The van der Waals surface area contributed by atoms with Crippen LogP contribution in [-0.4, -0.2) is 41.9 Å². The monoisotopic (exact) mass is 420 g/mol. The van der Waals surface area contributed by atoms with E-state index in [0.717, 1.165) is 15.7 Å². The highest BCUT2D eigenvalue weighted by Gasteiger charge is 2.22. The van der Waals surface area contributed by atoms with Crippen molar-refractivity contribution in [3.8, 4) is 11.3 Å². The van der Waals surface area contributed by atoms with E-state index in [1.165, 1.54) is 0 Å². The molecule has 2 aromatic rings. The Morgan fingerprint density at radius 1 is 1.43 bits per heavy atom. The van der Waals surface area contributed by atoms with E-state index in [1.54, 1.807) is 12.1 Å². The van der Waals surface area contributed by atoms with Crippen LogP contribution in [0.1, 0.15) is 0 Å². The van der Waals surface area contributed by atoms with E-state index >= 15 is 0 Å². The first-order valence-corrected chi connectivity index (χ1v) is 7.93. The molecular weight excluding hydrogens is 407 g/mol. The zero-order valence-electron chi connectivity index (χ0n) is 11.9. The number of halogens is 3. The Labute approximate surface area is 152 Å². The lowest BCUT2D eigenvalue weighted by Gasteiger charge is -2.22. The molecule has 3 rings (SSSR count). The molecule has 1 amide bonds. The van der Waals surface area contributed by atoms with Crippen molar-refractivity contribution in [3.63, 3.8) is 0 Å². The Balaban J connectivity index is 0.00000192. The number of hydrogen-bond donors (Lipinski definition) is 3. The molecule has 2 heterocycles. The minimum absolute atomic E-state index is 0. The number of carbonyl (C=O) groups excluding carboxylic acids is 1. The van der Waals surface area contributed by atoms with Gasteiger partial charge in [0.1, 0.15) is 6.04 Å². The fourth-order valence-corrected chi connectivity index (χ4v) is 2.76. The van der Waals surface area contributed by atoms with Gasteiger partial charge in [-0.1, -0.05) is 27.5 Å². The van der Waals surface area contributed by atoms with Crippen LogP contribution in [0.5, 0.6) is 0 Å². The summed E-state index contributed by atoms with van der Waals surface area (Å²) in [6.45, 7) is 1.65. The third kappa shape index (κ3) is 4.45. The van der Waals surface area contributed by atoms with Crippen LogP contribution < -0.4 is 10.6 Å². The van der Waals surface area contributed by atoms with E-state index in [-0.39, 0.29) is 24.4 Å². The van der Waals surface area contributed by atoms with Gasteiger partial charge >= 0.3 is 0 Å². The standard InChI is InChI=1S/C14H14BrClN4O2.ClH/c15-8-1-2-10(16)9(5-8)11-6-13(20-19-11)18-14(21)12-7-22-4-3-17-12;/h1-2,5-6,12,17H,3-4,7H2,(H2,18,19,20,21);1H. The Bertz CT molecular complexity index is 689. The summed E-state index contributed by atoms with van der Waals surface area (Å²) in [6, 6.07) is 6.93. The fraction of sp³-hybridized carbons (Fsp3) is 0.286. The predicted molar refractivity (Wildman–Crippen MR) is 95.2 cm³/mol. The van der Waals surface area contributed by atoms with Crippen LogP contribution in [0.4, 0.5) is 5.82 Å². The zero-order valence-corrected chi connectivity index (χ0v) is 15.1. The number of carbonyl (C=O) groups is 1. The molecule has 6 nitrogen and oxygen atoms in total. The number of aromatic nitrogens is 2. The van der Waals surface area contributed by atoms with Crippen molar-refractivity contribution < 1.29 is 9.53 Å². The normalized spacial score (nSPS) is 17.4. The van der Waals surface area contributed by atoms with Gasteiger partial charge in [0.05, 0.1) is 23.9 Å². The van der Waals surface area contributed by atoms with Crippen molar-refractivity contribution in [2.45, 2.75) is 6.04 Å². The molecule has 1 aromatic carbocycles. The maximum atomic E-state index is 12.1. The second-order valence-corrected chi connectivity index (χ2v) is 6.18. The van der Waals surface area contributed by atoms with Crippen molar-refractivity contribution in [1.29, 1.82) is 0 Å². The molecule has 1 atom stereocenters. The first-order valence-electron chi connectivity index (χ1n) is 6.76. The molecule has 3 N–H and O–H groups in total. The van der Waals surface area contributed by atoms with Gasteiger partial charge in [0.2, 0.25) is 5.91 Å². The number of ether oxygens (including phenoxy) is 1. The molecular formula is C14H15BrCl2N4O2. The van der Waals surface area contributed by atoms with Crippen LogP contribution >= 0.6 is 39.9 Å². The number of aromatic amines is 1. The smallest absolute Gasteiger partial charge is 0.245 e. The summed E-state index contributed by atoms with van der Waals surface area (Å²) in [5.74, 6) is 0.279. The van der Waals surface area contributed by atoms with Gasteiger partial charge in [0.15, 0.2) is 5.82 Å². The van der Waals surface area contributed by atoms with E-state index in [2.05, 4.69) is 36.8 Å². The van der Waals surface area contributed by atoms with Crippen LogP contribution in [0, 0.1) is 0 Å². The largest absolute Gasteiger partial charge is 0.378 e. The molecule has 0 bridgehead atoms. The van der Waals surface area contributed by atoms with Crippen molar-refractivity contribution in [3.05, 3.63) is 33.8 Å². The van der Waals surface area contributed by atoms with Gasteiger partial charge in [0, 0.05) is 22.6 Å². The van der Waals surface area contributed by atoms with Crippen LogP contribution in [0.25, 0.3) is 11.3 Å². The molecule has 23 heavy (non-hydrogen) atoms. The number of H-pyrrole nitrogens is 1. The number of nitrogens with one attached hydrogen (secondary N) is 3. The zero-order chi connectivity index (χ0) is 15.5. The van der Waals surface area contributed by atoms with E-state index in [0.29, 0.717) is 30.6 Å². The molecule has 0 saturated carbocycles. The van der Waals surface area contributed by atoms with Gasteiger partial charge in [0.25, 0.3) is 0 Å². The minimum atomic E-state index is -0.358. The third-order valence-electron chi connectivity index (χ3n) is 3.29. The van der Waals surface area contributed by atoms with Crippen molar-refractivity contribution in [1.82, 2.24) is 15.5 Å². The number of rotatable bonds is 3. The van der Waals surface area contributed by atoms with Crippen molar-refractivity contribution in [2.75, 3.05) is 25.1 Å². The molecule has 1 saturated heterocycles. The molecule has 9 heteroatoms. The summed E-state index contributed by atoms with van der Waals surface area (Å²) < 4.78 is 6.18. The average Bonchev–Trinajstić information content (AvgIpc) is 2.99. The van der Waals surface area contributed by atoms with Gasteiger partial charge in [-0.3, -0.25) is 9.89 Å². The molecule has 1 aromatic heterocycles. The van der Waals surface area contributed by atoms with Gasteiger partial charge in [-0.25, -0.2) is 0 Å². The van der Waals surface area contributed by atoms with Gasteiger partial charge in [-0.05, 0) is 18.2 Å². The summed E-state index contributed by atoms with van der Waals surface area (Å²) in [5, 5.41) is 13.4. The Kier molecular flexibility index (Phi) is 6.43. The number of hydrogen-bond acceptors (Lipinski definition) is 4. The molecule has 0 radical (unpaired) electrons. The van der Waals surface area contributed by atoms with Crippen LogP contribution in [0.15, 0.2) is 28.7 Å². The quantitative estimate of drug-likeness (QED) is 0.711. The average molecular weight is 422 g/mol. The third-order valence-corrected chi connectivity index (χ3v) is 4.11. The lowest BCUT2D eigenvalue weighted by Crippen LogP contribution is -2.48. The number of amides is 1. The van der Waals surface area contributed by atoms with Crippen molar-refractivity contribution >= 4 is 51.7 Å². The molecule has 1 aliphatic heterocycles. The fourth-order valence-electron chi connectivity index (χ4n) is 2.17.